The number of para-hydroxylation sites is 1. The summed E-state index contributed by atoms with van der Waals surface area (Å²) in [5, 5.41) is 10.9. The summed E-state index contributed by atoms with van der Waals surface area (Å²) >= 11 is 1.04. The van der Waals surface area contributed by atoms with Gasteiger partial charge in [-0.2, -0.15) is 0 Å². The topological polar surface area (TPSA) is 59.8 Å². The smallest absolute Gasteiger partial charge is 0.235 e. The zero-order valence-corrected chi connectivity index (χ0v) is 17.5. The van der Waals surface area contributed by atoms with Gasteiger partial charge in [-0.1, -0.05) is 60.3 Å². The summed E-state index contributed by atoms with van der Waals surface area (Å²) in [5.41, 5.74) is 0.709. The van der Waals surface area contributed by atoms with E-state index >= 15 is 0 Å². The second-order valence-electron chi connectivity index (χ2n) is 6.79. The van der Waals surface area contributed by atoms with Crippen molar-refractivity contribution in [1.82, 2.24) is 14.8 Å². The molecule has 9 heteroatoms. The quantitative estimate of drug-likeness (QED) is 0.393. The van der Waals surface area contributed by atoms with Crippen LogP contribution >= 0.6 is 11.8 Å². The molecule has 0 bridgehead atoms. The van der Waals surface area contributed by atoms with E-state index in [2.05, 4.69) is 15.5 Å². The zero-order chi connectivity index (χ0) is 22.5. The molecule has 4 aromatic rings. The second kappa shape index (κ2) is 9.69. The lowest BCUT2D eigenvalue weighted by molar-refractivity contribution is -0.113. The lowest BCUT2D eigenvalue weighted by Gasteiger charge is -2.11. The van der Waals surface area contributed by atoms with E-state index in [1.54, 1.807) is 22.8 Å². The monoisotopic (exact) mass is 454 g/mol. The van der Waals surface area contributed by atoms with Crippen molar-refractivity contribution in [2.45, 2.75) is 11.7 Å². The van der Waals surface area contributed by atoms with Crippen LogP contribution in [0.15, 0.2) is 78.0 Å². The Labute approximate surface area is 186 Å². The van der Waals surface area contributed by atoms with Crippen LogP contribution in [0.5, 0.6) is 0 Å². The number of halogens is 3. The van der Waals surface area contributed by atoms with E-state index < -0.39 is 29.0 Å². The molecule has 162 valence electrons. The Morgan fingerprint density at radius 2 is 1.50 bits per heavy atom. The normalized spacial score (nSPS) is 10.8. The standard InChI is InChI=1S/C23H17F3N4OS/c24-17-10-5-4-9-16(17)22-28-29-23(30(22)13-15-7-2-1-3-8-15)32-14-20(31)27-21-18(25)11-6-12-19(21)26/h1-12H,13-14H2,(H,27,31). The molecule has 0 atom stereocenters. The number of rotatable bonds is 7. The number of aromatic nitrogens is 3. The number of nitrogens with zero attached hydrogens (tertiary/aromatic N) is 3. The molecule has 3 aromatic carbocycles. The fourth-order valence-corrected chi connectivity index (χ4v) is 3.81. The fourth-order valence-electron chi connectivity index (χ4n) is 3.07. The van der Waals surface area contributed by atoms with Gasteiger partial charge < -0.3 is 5.32 Å². The Balaban J connectivity index is 1.58. The summed E-state index contributed by atoms with van der Waals surface area (Å²) in [4.78, 5) is 12.3. The number of nitrogens with one attached hydrogen (secondary N) is 1. The molecule has 1 amide bonds. The number of hydrogen-bond donors (Lipinski definition) is 1. The minimum atomic E-state index is -0.863. The summed E-state index contributed by atoms with van der Waals surface area (Å²) in [6.07, 6.45) is 0. The molecule has 32 heavy (non-hydrogen) atoms. The van der Waals surface area contributed by atoms with Crippen molar-refractivity contribution in [2.75, 3.05) is 11.1 Å². The van der Waals surface area contributed by atoms with E-state index in [4.69, 9.17) is 0 Å². The molecule has 1 heterocycles. The maximum Gasteiger partial charge on any atom is 0.235 e. The molecule has 0 saturated heterocycles. The minimum Gasteiger partial charge on any atom is -0.320 e. The Kier molecular flexibility index (Phi) is 6.55. The van der Waals surface area contributed by atoms with Crippen LogP contribution in [-0.2, 0) is 11.3 Å². The van der Waals surface area contributed by atoms with Crippen molar-refractivity contribution < 1.29 is 18.0 Å². The van der Waals surface area contributed by atoms with Crippen LogP contribution in [0.1, 0.15) is 5.56 Å². The molecule has 0 spiro atoms. The molecule has 0 aliphatic heterocycles. The van der Waals surface area contributed by atoms with Crippen molar-refractivity contribution in [1.29, 1.82) is 0 Å². The van der Waals surface area contributed by atoms with E-state index in [9.17, 15) is 18.0 Å². The Morgan fingerprint density at radius 1 is 0.844 bits per heavy atom. The fraction of sp³-hybridized carbons (Fsp3) is 0.0870. The van der Waals surface area contributed by atoms with Gasteiger partial charge in [-0.25, -0.2) is 13.2 Å². The number of carbonyl (C=O) groups is 1. The Hall–Kier alpha value is -3.59. The molecule has 0 aliphatic carbocycles. The summed E-state index contributed by atoms with van der Waals surface area (Å²) in [6, 6.07) is 19.0. The highest BCUT2D eigenvalue weighted by atomic mass is 32.2. The molecule has 0 saturated carbocycles. The molecule has 0 fully saturated rings. The van der Waals surface area contributed by atoms with Crippen LogP contribution in [0, 0.1) is 17.5 Å². The lowest BCUT2D eigenvalue weighted by Crippen LogP contribution is -2.17. The van der Waals surface area contributed by atoms with Crippen LogP contribution in [0.25, 0.3) is 11.4 Å². The molecule has 1 N–H and O–H groups in total. The van der Waals surface area contributed by atoms with Crippen LogP contribution in [0.2, 0.25) is 0 Å². The van der Waals surface area contributed by atoms with Gasteiger partial charge in [-0.15, -0.1) is 10.2 Å². The van der Waals surface area contributed by atoms with Crippen LogP contribution in [0.3, 0.4) is 0 Å². The van der Waals surface area contributed by atoms with Gasteiger partial charge in [-0.3, -0.25) is 9.36 Å². The Bertz CT molecular complexity index is 1230. The van der Waals surface area contributed by atoms with Crippen molar-refractivity contribution in [3.05, 3.63) is 95.8 Å². The van der Waals surface area contributed by atoms with Gasteiger partial charge in [0.15, 0.2) is 11.0 Å². The van der Waals surface area contributed by atoms with Crippen LogP contribution < -0.4 is 5.32 Å². The van der Waals surface area contributed by atoms with Crippen molar-refractivity contribution in [3.8, 4) is 11.4 Å². The molecular formula is C23H17F3N4OS. The average Bonchev–Trinajstić information content (AvgIpc) is 3.18. The number of hydrogen-bond acceptors (Lipinski definition) is 4. The molecule has 4 rings (SSSR count). The van der Waals surface area contributed by atoms with Crippen LogP contribution in [-0.4, -0.2) is 26.4 Å². The first-order chi connectivity index (χ1) is 15.5. The third kappa shape index (κ3) is 4.83. The third-order valence-corrected chi connectivity index (χ3v) is 5.54. The predicted molar refractivity (Wildman–Crippen MR) is 117 cm³/mol. The number of carbonyl (C=O) groups excluding carboxylic acids is 1. The van der Waals surface area contributed by atoms with E-state index in [1.165, 1.54) is 12.1 Å². The number of benzene rings is 3. The summed E-state index contributed by atoms with van der Waals surface area (Å²) in [6.45, 7) is 0.351. The van der Waals surface area contributed by atoms with E-state index in [0.29, 0.717) is 17.5 Å². The first-order valence-electron chi connectivity index (χ1n) is 9.61. The zero-order valence-electron chi connectivity index (χ0n) is 16.6. The molecule has 1 aromatic heterocycles. The molecular weight excluding hydrogens is 437 g/mol. The van der Waals surface area contributed by atoms with Crippen LogP contribution in [0.4, 0.5) is 18.9 Å². The average molecular weight is 454 g/mol. The predicted octanol–water partition coefficient (Wildman–Crippen LogP) is 5.14. The molecule has 5 nitrogen and oxygen atoms in total. The van der Waals surface area contributed by atoms with Gasteiger partial charge >= 0.3 is 0 Å². The largest absolute Gasteiger partial charge is 0.320 e. The first kappa shape index (κ1) is 21.6. The molecule has 0 radical (unpaired) electrons. The number of thioether (sulfide) groups is 1. The SMILES string of the molecule is O=C(CSc1nnc(-c2ccccc2F)n1Cc1ccccc1)Nc1c(F)cccc1F. The summed E-state index contributed by atoms with van der Waals surface area (Å²) < 4.78 is 43.7. The third-order valence-electron chi connectivity index (χ3n) is 4.57. The highest BCUT2D eigenvalue weighted by Gasteiger charge is 2.19. The lowest BCUT2D eigenvalue weighted by atomic mass is 10.2. The highest BCUT2D eigenvalue weighted by Crippen LogP contribution is 2.27. The number of anilines is 1. The van der Waals surface area contributed by atoms with Gasteiger partial charge in [0, 0.05) is 0 Å². The van der Waals surface area contributed by atoms with E-state index in [0.717, 1.165) is 29.5 Å². The maximum atomic E-state index is 14.4. The number of amides is 1. The van der Waals surface area contributed by atoms with E-state index in [-0.39, 0.29) is 11.3 Å². The van der Waals surface area contributed by atoms with Gasteiger partial charge in [0.25, 0.3) is 0 Å². The maximum absolute atomic E-state index is 14.4. The van der Waals surface area contributed by atoms with Gasteiger partial charge in [0.2, 0.25) is 5.91 Å². The van der Waals surface area contributed by atoms with Gasteiger partial charge in [-0.05, 0) is 29.8 Å². The van der Waals surface area contributed by atoms with E-state index in [1.807, 2.05) is 30.3 Å². The summed E-state index contributed by atoms with van der Waals surface area (Å²) in [5.74, 6) is -2.64. The molecule has 0 unspecified atom stereocenters. The van der Waals surface area contributed by atoms with Crippen molar-refractivity contribution >= 4 is 23.4 Å². The highest BCUT2D eigenvalue weighted by molar-refractivity contribution is 7.99. The first-order valence-corrected chi connectivity index (χ1v) is 10.6. The molecule has 0 aliphatic rings. The second-order valence-corrected chi connectivity index (χ2v) is 7.73. The van der Waals surface area contributed by atoms with Crippen molar-refractivity contribution in [2.24, 2.45) is 0 Å². The Morgan fingerprint density at radius 3 is 2.22 bits per heavy atom. The van der Waals surface area contributed by atoms with Gasteiger partial charge in [0.05, 0.1) is 17.9 Å². The summed E-state index contributed by atoms with van der Waals surface area (Å²) in [7, 11) is 0. The van der Waals surface area contributed by atoms with Gasteiger partial charge in [0.1, 0.15) is 23.1 Å². The minimum absolute atomic E-state index is 0.169. The van der Waals surface area contributed by atoms with Crippen molar-refractivity contribution in [3.63, 3.8) is 0 Å².